The Balaban J connectivity index is 3.11. The Morgan fingerprint density at radius 1 is 1.36 bits per heavy atom. The molecule has 0 unspecified atom stereocenters. The lowest BCUT2D eigenvalue weighted by atomic mass is 10.1. The number of hydrogen-bond acceptors (Lipinski definition) is 2. The van der Waals surface area contributed by atoms with Crippen molar-refractivity contribution in [3.05, 3.63) is 33.8 Å². The van der Waals surface area contributed by atoms with E-state index in [1.54, 1.807) is 6.07 Å². The molecule has 0 saturated carbocycles. The van der Waals surface area contributed by atoms with E-state index in [4.69, 9.17) is 10.7 Å². The van der Waals surface area contributed by atoms with Crippen molar-refractivity contribution in [1.29, 1.82) is 0 Å². The number of halogens is 2. The van der Waals surface area contributed by atoms with Crippen LogP contribution in [0.25, 0.3) is 0 Å². The van der Waals surface area contributed by atoms with Crippen molar-refractivity contribution in [2.45, 2.75) is 19.1 Å². The van der Waals surface area contributed by atoms with Crippen molar-refractivity contribution < 1.29 is 8.42 Å². The van der Waals surface area contributed by atoms with E-state index in [2.05, 4.69) is 15.9 Å². The van der Waals surface area contributed by atoms with Crippen LogP contribution in [0.4, 0.5) is 0 Å². The Bertz CT molecular complexity index is 428. The van der Waals surface area contributed by atoms with E-state index >= 15 is 0 Å². The number of aryl methyl sites for hydroxylation is 1. The van der Waals surface area contributed by atoms with E-state index in [1.807, 2.05) is 19.1 Å². The van der Waals surface area contributed by atoms with Gasteiger partial charge in [0.1, 0.15) is 0 Å². The third kappa shape index (κ3) is 3.59. The van der Waals surface area contributed by atoms with Crippen LogP contribution in [0.5, 0.6) is 0 Å². The second-order valence-electron chi connectivity index (χ2n) is 2.95. The van der Waals surface area contributed by atoms with Crippen LogP contribution < -0.4 is 0 Å². The Morgan fingerprint density at radius 3 is 2.50 bits per heavy atom. The van der Waals surface area contributed by atoms with Gasteiger partial charge < -0.3 is 0 Å². The van der Waals surface area contributed by atoms with Crippen molar-refractivity contribution in [2.24, 2.45) is 0 Å². The van der Waals surface area contributed by atoms with Crippen molar-refractivity contribution in [1.82, 2.24) is 0 Å². The van der Waals surface area contributed by atoms with Gasteiger partial charge in [-0.1, -0.05) is 28.9 Å². The van der Waals surface area contributed by atoms with Gasteiger partial charge in [-0.15, -0.1) is 0 Å². The fourth-order valence-electron chi connectivity index (χ4n) is 1.26. The minimum Gasteiger partial charge on any atom is -0.212 e. The summed E-state index contributed by atoms with van der Waals surface area (Å²) in [6.45, 7) is 1.98. The van der Waals surface area contributed by atoms with Crippen LogP contribution >= 0.6 is 26.6 Å². The van der Waals surface area contributed by atoms with Gasteiger partial charge >= 0.3 is 0 Å². The van der Waals surface area contributed by atoms with Crippen LogP contribution in [-0.2, 0) is 21.2 Å². The minimum atomic E-state index is -3.48. The summed E-state index contributed by atoms with van der Waals surface area (Å²) in [7, 11) is 1.73. The molecule has 0 atom stereocenters. The molecule has 1 rings (SSSR count). The van der Waals surface area contributed by atoms with E-state index in [9.17, 15) is 8.42 Å². The summed E-state index contributed by atoms with van der Waals surface area (Å²) in [5, 5.41) is 0. The molecule has 1 aromatic carbocycles. The van der Waals surface area contributed by atoms with Crippen molar-refractivity contribution in [3.63, 3.8) is 0 Å². The summed E-state index contributed by atoms with van der Waals surface area (Å²) < 4.78 is 22.7. The summed E-state index contributed by atoms with van der Waals surface area (Å²) in [6, 6.07) is 5.59. The predicted molar refractivity (Wildman–Crippen MR) is 62.0 cm³/mol. The normalized spacial score (nSPS) is 11.6. The molecule has 14 heavy (non-hydrogen) atoms. The summed E-state index contributed by atoms with van der Waals surface area (Å²) >= 11 is 3.30. The first kappa shape index (κ1) is 12.0. The van der Waals surface area contributed by atoms with Crippen LogP contribution in [0.2, 0.25) is 0 Å². The first-order chi connectivity index (χ1) is 6.42. The van der Waals surface area contributed by atoms with E-state index in [0.29, 0.717) is 0 Å². The van der Waals surface area contributed by atoms with Crippen molar-refractivity contribution in [3.8, 4) is 0 Å². The first-order valence-electron chi connectivity index (χ1n) is 4.12. The van der Waals surface area contributed by atoms with E-state index in [1.165, 1.54) is 0 Å². The third-order valence-electron chi connectivity index (χ3n) is 1.88. The summed E-state index contributed by atoms with van der Waals surface area (Å²) in [4.78, 5) is 0. The number of hydrogen-bond donors (Lipinski definition) is 0. The van der Waals surface area contributed by atoms with Gasteiger partial charge in [0.05, 0.1) is 5.75 Å². The van der Waals surface area contributed by atoms with Gasteiger partial charge in [-0.2, -0.15) is 0 Å². The van der Waals surface area contributed by atoms with E-state index in [-0.39, 0.29) is 5.75 Å². The van der Waals surface area contributed by atoms with Crippen LogP contribution in [0, 0.1) is 0 Å². The average Bonchev–Trinajstić information content (AvgIpc) is 2.01. The summed E-state index contributed by atoms with van der Waals surface area (Å²) in [6.07, 6.45) is 0.801. The zero-order chi connectivity index (χ0) is 10.8. The Labute approximate surface area is 96.8 Å². The van der Waals surface area contributed by atoms with Gasteiger partial charge in [-0.25, -0.2) is 8.42 Å². The third-order valence-corrected chi connectivity index (χ3v) is 3.35. The van der Waals surface area contributed by atoms with E-state index in [0.717, 1.165) is 22.0 Å². The summed E-state index contributed by atoms with van der Waals surface area (Å²) in [5.41, 5.74) is 1.77. The van der Waals surface area contributed by atoms with Crippen molar-refractivity contribution in [2.75, 3.05) is 0 Å². The van der Waals surface area contributed by atoms with Gasteiger partial charge in [-0.05, 0) is 29.7 Å². The highest BCUT2D eigenvalue weighted by Crippen LogP contribution is 2.20. The zero-order valence-electron chi connectivity index (χ0n) is 7.63. The topological polar surface area (TPSA) is 34.1 Å². The Morgan fingerprint density at radius 2 is 2.00 bits per heavy atom. The molecule has 0 fully saturated rings. The molecule has 0 bridgehead atoms. The molecule has 2 nitrogen and oxygen atoms in total. The first-order valence-corrected chi connectivity index (χ1v) is 7.39. The standard InChI is InChI=1S/C9H10BrClO2S/c1-2-7-3-4-9(10)5-8(7)6-14(11,12)13/h3-5H,2,6H2,1H3. The molecule has 78 valence electrons. The van der Waals surface area contributed by atoms with Crippen LogP contribution in [-0.4, -0.2) is 8.42 Å². The molecule has 0 aromatic heterocycles. The number of benzene rings is 1. The molecule has 5 heteroatoms. The molecule has 0 aliphatic rings. The molecule has 0 radical (unpaired) electrons. The predicted octanol–water partition coefficient (Wildman–Crippen LogP) is 3.08. The lowest BCUT2D eigenvalue weighted by molar-refractivity contribution is 0.608. The maximum absolute atomic E-state index is 10.9. The average molecular weight is 298 g/mol. The molecule has 0 N–H and O–H groups in total. The Kier molecular flexibility index (Phi) is 3.98. The highest BCUT2D eigenvalue weighted by Gasteiger charge is 2.10. The van der Waals surface area contributed by atoms with Gasteiger partial charge in [0.15, 0.2) is 0 Å². The Hall–Kier alpha value is -0.0600. The smallest absolute Gasteiger partial charge is 0.212 e. The molecule has 0 saturated heterocycles. The second-order valence-corrected chi connectivity index (χ2v) is 6.64. The van der Waals surface area contributed by atoms with Gasteiger partial charge in [0.2, 0.25) is 9.05 Å². The highest BCUT2D eigenvalue weighted by atomic mass is 79.9. The molecule has 0 amide bonds. The maximum Gasteiger partial charge on any atom is 0.236 e. The highest BCUT2D eigenvalue weighted by molar-refractivity contribution is 9.10. The fourth-order valence-corrected chi connectivity index (χ4v) is 2.66. The van der Waals surface area contributed by atoms with Crippen LogP contribution in [0.1, 0.15) is 18.1 Å². The van der Waals surface area contributed by atoms with Crippen LogP contribution in [0.3, 0.4) is 0 Å². The van der Waals surface area contributed by atoms with Crippen LogP contribution in [0.15, 0.2) is 22.7 Å². The van der Waals surface area contributed by atoms with E-state index < -0.39 is 9.05 Å². The van der Waals surface area contributed by atoms with Crippen molar-refractivity contribution >= 4 is 35.7 Å². The van der Waals surface area contributed by atoms with Gasteiger partial charge in [0.25, 0.3) is 0 Å². The molecular formula is C9H10BrClO2S. The summed E-state index contributed by atoms with van der Waals surface area (Å²) in [5.74, 6) is -0.114. The van der Waals surface area contributed by atoms with Gasteiger partial charge in [-0.3, -0.25) is 0 Å². The lowest BCUT2D eigenvalue weighted by Gasteiger charge is -2.06. The second kappa shape index (κ2) is 4.64. The lowest BCUT2D eigenvalue weighted by Crippen LogP contribution is -1.99. The molecule has 1 aromatic rings. The monoisotopic (exact) mass is 296 g/mol. The molecule has 0 heterocycles. The fraction of sp³-hybridized carbons (Fsp3) is 0.333. The van der Waals surface area contributed by atoms with Gasteiger partial charge in [0, 0.05) is 15.2 Å². The maximum atomic E-state index is 10.9. The molecule has 0 aliphatic heterocycles. The number of rotatable bonds is 3. The zero-order valence-corrected chi connectivity index (χ0v) is 10.8. The quantitative estimate of drug-likeness (QED) is 0.804. The molecular weight excluding hydrogens is 288 g/mol. The molecule has 0 aliphatic carbocycles. The molecule has 0 spiro atoms. The SMILES string of the molecule is CCc1ccc(Br)cc1CS(=O)(=O)Cl. The largest absolute Gasteiger partial charge is 0.236 e. The minimum absolute atomic E-state index is 0.114.